The van der Waals surface area contributed by atoms with Gasteiger partial charge >= 0.3 is 0 Å². The van der Waals surface area contributed by atoms with E-state index in [0.717, 1.165) is 11.8 Å². The van der Waals surface area contributed by atoms with Crippen molar-refractivity contribution in [2.45, 2.75) is 30.6 Å². The summed E-state index contributed by atoms with van der Waals surface area (Å²) in [5.74, 6) is -0.210. The minimum Gasteiger partial charge on any atom is -0.349 e. The first-order valence-corrected chi connectivity index (χ1v) is 11.3. The number of nitrogens with zero attached hydrogens (tertiary/aromatic N) is 2. The first kappa shape index (κ1) is 19.6. The third kappa shape index (κ3) is 4.41. The van der Waals surface area contributed by atoms with E-state index in [1.165, 1.54) is 4.57 Å². The van der Waals surface area contributed by atoms with Gasteiger partial charge in [0.2, 0.25) is 5.91 Å². The van der Waals surface area contributed by atoms with Gasteiger partial charge in [-0.15, -0.1) is 6.58 Å². The van der Waals surface area contributed by atoms with E-state index >= 15 is 0 Å². The van der Waals surface area contributed by atoms with Crippen molar-refractivity contribution in [3.63, 3.8) is 0 Å². The number of allylic oxidation sites excluding steroid dienone is 1. The van der Waals surface area contributed by atoms with E-state index in [1.807, 2.05) is 0 Å². The molecule has 7 nitrogen and oxygen atoms in total. The highest BCUT2D eigenvalue weighted by Crippen LogP contribution is 2.23. The number of carbonyl (C=O) groups excluding carboxylic acids is 1. The molecule has 2 aromatic rings. The van der Waals surface area contributed by atoms with Gasteiger partial charge in [0.25, 0.3) is 5.56 Å². The molecule has 0 bridgehead atoms. The Morgan fingerprint density at radius 1 is 1.44 bits per heavy atom. The summed E-state index contributed by atoms with van der Waals surface area (Å²) in [4.78, 5) is 29.5. The van der Waals surface area contributed by atoms with Crippen molar-refractivity contribution in [2.24, 2.45) is 0 Å². The molecule has 1 atom stereocenters. The molecule has 27 heavy (non-hydrogen) atoms. The van der Waals surface area contributed by atoms with Gasteiger partial charge < -0.3 is 5.32 Å². The molecule has 1 aromatic carbocycles. The SMILES string of the molecule is C=CCn1c(SCC(=O)N[C@@]2(C)CCS(=O)(=O)C2)nc2ccccc2c1=O. The Bertz CT molecular complexity index is 1060. The van der Waals surface area contributed by atoms with Crippen molar-refractivity contribution in [3.8, 4) is 0 Å². The quantitative estimate of drug-likeness (QED) is 0.441. The molecule has 1 aliphatic heterocycles. The zero-order chi connectivity index (χ0) is 19.7. The Kier molecular flexibility index (Phi) is 5.43. The van der Waals surface area contributed by atoms with Gasteiger partial charge in [-0.05, 0) is 25.5 Å². The van der Waals surface area contributed by atoms with Crippen LogP contribution in [0.1, 0.15) is 13.3 Å². The predicted molar refractivity (Wildman–Crippen MR) is 107 cm³/mol. The van der Waals surface area contributed by atoms with Gasteiger partial charge in [0.05, 0.1) is 33.7 Å². The van der Waals surface area contributed by atoms with Gasteiger partial charge in [-0.2, -0.15) is 0 Å². The minimum atomic E-state index is -3.10. The van der Waals surface area contributed by atoms with E-state index < -0.39 is 15.4 Å². The number of fused-ring (bicyclic) bond motifs is 1. The predicted octanol–water partition coefficient (Wildman–Crippen LogP) is 1.37. The maximum atomic E-state index is 12.7. The van der Waals surface area contributed by atoms with E-state index in [-0.39, 0.29) is 35.3 Å². The molecular weight excluding hydrogens is 386 g/mol. The summed E-state index contributed by atoms with van der Waals surface area (Å²) in [7, 11) is -3.10. The number of hydrogen-bond acceptors (Lipinski definition) is 6. The van der Waals surface area contributed by atoms with Crippen LogP contribution in [0.3, 0.4) is 0 Å². The van der Waals surface area contributed by atoms with E-state index in [9.17, 15) is 18.0 Å². The molecule has 1 saturated heterocycles. The van der Waals surface area contributed by atoms with Crippen LogP contribution in [0.5, 0.6) is 0 Å². The second-order valence-corrected chi connectivity index (χ2v) is 9.98. The topological polar surface area (TPSA) is 98.1 Å². The molecule has 1 aliphatic rings. The number of nitrogens with one attached hydrogen (secondary N) is 1. The summed E-state index contributed by atoms with van der Waals surface area (Å²) in [6, 6.07) is 7.05. The van der Waals surface area contributed by atoms with E-state index in [0.29, 0.717) is 22.5 Å². The van der Waals surface area contributed by atoms with Crippen molar-refractivity contribution in [1.82, 2.24) is 14.9 Å². The van der Waals surface area contributed by atoms with Crippen LogP contribution in [0.4, 0.5) is 0 Å². The van der Waals surface area contributed by atoms with Crippen molar-refractivity contribution in [2.75, 3.05) is 17.3 Å². The molecule has 9 heteroatoms. The first-order chi connectivity index (χ1) is 12.7. The van der Waals surface area contributed by atoms with Crippen LogP contribution in [0.15, 0.2) is 46.9 Å². The van der Waals surface area contributed by atoms with Crippen LogP contribution in [0, 0.1) is 0 Å². The second kappa shape index (κ2) is 7.47. The molecule has 144 valence electrons. The minimum absolute atomic E-state index is 0.0392. The Morgan fingerprint density at radius 2 is 2.19 bits per heavy atom. The Balaban J connectivity index is 1.78. The second-order valence-electron chi connectivity index (χ2n) is 6.86. The highest BCUT2D eigenvalue weighted by Gasteiger charge is 2.39. The fourth-order valence-corrected chi connectivity index (χ4v) is 6.06. The maximum Gasteiger partial charge on any atom is 0.262 e. The highest BCUT2D eigenvalue weighted by molar-refractivity contribution is 7.99. The Hall–Kier alpha value is -2.13. The largest absolute Gasteiger partial charge is 0.349 e. The van der Waals surface area contributed by atoms with Gasteiger partial charge in [-0.1, -0.05) is 30.0 Å². The fraction of sp³-hybridized carbons (Fsp3) is 0.389. The van der Waals surface area contributed by atoms with Crippen molar-refractivity contribution in [3.05, 3.63) is 47.3 Å². The standard InChI is InChI=1S/C18H21N3O4S2/c1-3-9-21-16(23)13-6-4-5-7-14(13)19-17(21)26-11-15(22)20-18(2)8-10-27(24,25)12-18/h3-7H,1,8-12H2,2H3,(H,20,22)/t18-/m0/s1. The number of amides is 1. The third-order valence-corrected chi connectivity index (χ3v) is 7.29. The molecule has 3 rings (SSSR count). The number of aromatic nitrogens is 2. The number of hydrogen-bond donors (Lipinski definition) is 1. The van der Waals surface area contributed by atoms with E-state index in [4.69, 9.17) is 0 Å². The van der Waals surface area contributed by atoms with Crippen LogP contribution in [-0.4, -0.2) is 46.7 Å². The molecule has 1 N–H and O–H groups in total. The summed E-state index contributed by atoms with van der Waals surface area (Å²) in [6.45, 7) is 5.70. The third-order valence-electron chi connectivity index (χ3n) is 4.42. The van der Waals surface area contributed by atoms with Crippen molar-refractivity contribution in [1.29, 1.82) is 0 Å². The lowest BCUT2D eigenvalue weighted by Gasteiger charge is -2.23. The van der Waals surface area contributed by atoms with E-state index in [1.54, 1.807) is 37.3 Å². The molecule has 1 fully saturated rings. The number of thioether (sulfide) groups is 1. The molecule has 0 saturated carbocycles. The summed E-state index contributed by atoms with van der Waals surface area (Å²) < 4.78 is 24.8. The van der Waals surface area contributed by atoms with Crippen LogP contribution >= 0.6 is 11.8 Å². The van der Waals surface area contributed by atoms with Crippen molar-refractivity contribution < 1.29 is 13.2 Å². The normalized spacial score (nSPS) is 21.2. The zero-order valence-corrected chi connectivity index (χ0v) is 16.6. The lowest BCUT2D eigenvalue weighted by molar-refractivity contribution is -0.120. The Labute approximate surface area is 161 Å². The number of para-hydroxylation sites is 1. The number of sulfone groups is 1. The van der Waals surface area contributed by atoms with Gasteiger partial charge in [-0.25, -0.2) is 13.4 Å². The monoisotopic (exact) mass is 407 g/mol. The van der Waals surface area contributed by atoms with Crippen LogP contribution in [0.25, 0.3) is 10.9 Å². The van der Waals surface area contributed by atoms with Crippen molar-refractivity contribution >= 4 is 38.4 Å². The maximum absolute atomic E-state index is 12.7. The van der Waals surface area contributed by atoms with Gasteiger partial charge in [0, 0.05) is 6.54 Å². The lowest BCUT2D eigenvalue weighted by Crippen LogP contribution is -2.47. The summed E-state index contributed by atoms with van der Waals surface area (Å²) in [5.41, 5.74) is -0.356. The van der Waals surface area contributed by atoms with E-state index in [2.05, 4.69) is 16.9 Å². The van der Waals surface area contributed by atoms with Gasteiger partial charge in [-0.3, -0.25) is 14.2 Å². The average Bonchev–Trinajstić information content (AvgIpc) is 2.88. The van der Waals surface area contributed by atoms with Crippen LogP contribution < -0.4 is 10.9 Å². The molecule has 1 amide bonds. The smallest absolute Gasteiger partial charge is 0.262 e. The summed E-state index contributed by atoms with van der Waals surface area (Å²) in [6.07, 6.45) is 2.01. The average molecular weight is 408 g/mol. The number of rotatable bonds is 6. The highest BCUT2D eigenvalue weighted by atomic mass is 32.2. The number of benzene rings is 1. The molecular formula is C18H21N3O4S2. The fourth-order valence-electron chi connectivity index (χ4n) is 3.16. The summed E-state index contributed by atoms with van der Waals surface area (Å²) >= 11 is 1.15. The molecule has 0 aliphatic carbocycles. The summed E-state index contributed by atoms with van der Waals surface area (Å²) in [5, 5.41) is 3.75. The van der Waals surface area contributed by atoms with Gasteiger partial charge in [0.15, 0.2) is 15.0 Å². The molecule has 0 unspecified atom stereocenters. The van der Waals surface area contributed by atoms with Crippen LogP contribution in [-0.2, 0) is 21.2 Å². The molecule has 1 aromatic heterocycles. The molecule has 0 radical (unpaired) electrons. The lowest BCUT2D eigenvalue weighted by atomic mass is 10.0. The number of carbonyl (C=O) groups is 1. The molecule has 2 heterocycles. The van der Waals surface area contributed by atoms with Gasteiger partial charge in [0.1, 0.15) is 0 Å². The molecule has 0 spiro atoms. The van der Waals surface area contributed by atoms with Crippen LogP contribution in [0.2, 0.25) is 0 Å². The Morgan fingerprint density at radius 3 is 2.85 bits per heavy atom. The zero-order valence-electron chi connectivity index (χ0n) is 15.0. The first-order valence-electron chi connectivity index (χ1n) is 8.48.